The highest BCUT2D eigenvalue weighted by atomic mass is 79.9. The number of benzene rings is 1. The third-order valence-electron chi connectivity index (χ3n) is 3.01. The number of aryl methyl sites for hydroxylation is 1. The fourth-order valence-corrected chi connectivity index (χ4v) is 3.97. The summed E-state index contributed by atoms with van der Waals surface area (Å²) >= 11 is 3.53. The van der Waals surface area contributed by atoms with E-state index in [1.54, 1.807) is 22.5 Å². The standard InChI is InChI=1S/C12H16BrNO2S/c1-10-3-2-4-12(9-10)17(15,16)14-7-5-11(13)6-8-14/h2-4,9,11H,5-8H2,1H3. The van der Waals surface area contributed by atoms with Gasteiger partial charge in [0, 0.05) is 17.9 Å². The van der Waals surface area contributed by atoms with Crippen LogP contribution in [-0.4, -0.2) is 30.6 Å². The van der Waals surface area contributed by atoms with Gasteiger partial charge in [0.15, 0.2) is 0 Å². The Morgan fingerprint density at radius 1 is 1.29 bits per heavy atom. The first-order valence-corrected chi connectivity index (χ1v) is 8.06. The van der Waals surface area contributed by atoms with Crippen molar-refractivity contribution >= 4 is 26.0 Å². The van der Waals surface area contributed by atoms with Crippen LogP contribution in [-0.2, 0) is 10.0 Å². The summed E-state index contributed by atoms with van der Waals surface area (Å²) in [7, 11) is -3.30. The van der Waals surface area contributed by atoms with E-state index in [-0.39, 0.29) is 0 Å². The molecule has 1 saturated heterocycles. The van der Waals surface area contributed by atoms with Crippen molar-refractivity contribution < 1.29 is 8.42 Å². The van der Waals surface area contributed by atoms with Gasteiger partial charge in [0.25, 0.3) is 0 Å². The molecule has 0 N–H and O–H groups in total. The van der Waals surface area contributed by atoms with Gasteiger partial charge in [-0.15, -0.1) is 0 Å². The van der Waals surface area contributed by atoms with Gasteiger partial charge >= 0.3 is 0 Å². The minimum Gasteiger partial charge on any atom is -0.207 e. The van der Waals surface area contributed by atoms with Gasteiger partial charge in [0.05, 0.1) is 4.90 Å². The molecule has 94 valence electrons. The highest BCUT2D eigenvalue weighted by Crippen LogP contribution is 2.24. The first kappa shape index (κ1) is 13.1. The first-order chi connectivity index (χ1) is 8.00. The Labute approximate surface area is 111 Å². The second kappa shape index (κ2) is 5.08. The van der Waals surface area contributed by atoms with Crippen molar-refractivity contribution in [2.24, 2.45) is 0 Å². The molecule has 3 nitrogen and oxygen atoms in total. The largest absolute Gasteiger partial charge is 0.243 e. The lowest BCUT2D eigenvalue weighted by Gasteiger charge is -2.28. The lowest BCUT2D eigenvalue weighted by Crippen LogP contribution is -2.38. The normalized spacial score (nSPS) is 19.4. The summed E-state index contributed by atoms with van der Waals surface area (Å²) in [6, 6.07) is 7.10. The molecular formula is C12H16BrNO2S. The molecule has 1 aromatic rings. The zero-order valence-corrected chi connectivity index (χ0v) is 12.2. The lowest BCUT2D eigenvalue weighted by atomic mass is 10.2. The second-order valence-electron chi connectivity index (χ2n) is 4.40. The third-order valence-corrected chi connectivity index (χ3v) is 5.82. The van der Waals surface area contributed by atoms with Gasteiger partial charge in [0.2, 0.25) is 10.0 Å². The van der Waals surface area contributed by atoms with Crippen LogP contribution < -0.4 is 0 Å². The van der Waals surface area contributed by atoms with E-state index in [0.29, 0.717) is 22.8 Å². The Bertz CT molecular complexity index is 493. The number of alkyl halides is 1. The van der Waals surface area contributed by atoms with Crippen LogP contribution in [0, 0.1) is 6.92 Å². The van der Waals surface area contributed by atoms with E-state index in [2.05, 4.69) is 15.9 Å². The molecule has 0 spiro atoms. The molecule has 0 aromatic heterocycles. The molecule has 0 amide bonds. The SMILES string of the molecule is Cc1cccc(S(=O)(=O)N2CCC(Br)CC2)c1. The number of halogens is 1. The average Bonchev–Trinajstić information content (AvgIpc) is 2.29. The van der Waals surface area contributed by atoms with E-state index >= 15 is 0 Å². The number of hydrogen-bond acceptors (Lipinski definition) is 2. The predicted molar refractivity (Wildman–Crippen MR) is 71.9 cm³/mol. The molecule has 0 saturated carbocycles. The van der Waals surface area contributed by atoms with Gasteiger partial charge in [-0.25, -0.2) is 8.42 Å². The average molecular weight is 318 g/mol. The van der Waals surface area contributed by atoms with Crippen LogP contribution in [0.15, 0.2) is 29.2 Å². The molecule has 1 heterocycles. The van der Waals surface area contributed by atoms with Crippen LogP contribution in [0.25, 0.3) is 0 Å². The summed E-state index contributed by atoms with van der Waals surface area (Å²) in [4.78, 5) is 0.858. The van der Waals surface area contributed by atoms with Crippen molar-refractivity contribution in [3.63, 3.8) is 0 Å². The van der Waals surface area contributed by atoms with Crippen molar-refractivity contribution in [3.8, 4) is 0 Å². The maximum Gasteiger partial charge on any atom is 0.243 e. The highest BCUT2D eigenvalue weighted by molar-refractivity contribution is 9.09. The van der Waals surface area contributed by atoms with E-state index in [1.807, 2.05) is 13.0 Å². The number of rotatable bonds is 2. The topological polar surface area (TPSA) is 37.4 Å². The molecule has 0 aliphatic carbocycles. The number of sulfonamides is 1. The van der Waals surface area contributed by atoms with Crippen LogP contribution in [0.4, 0.5) is 0 Å². The Hall–Kier alpha value is -0.390. The molecule has 2 rings (SSSR count). The molecule has 1 aliphatic rings. The Morgan fingerprint density at radius 2 is 1.94 bits per heavy atom. The number of hydrogen-bond donors (Lipinski definition) is 0. The lowest BCUT2D eigenvalue weighted by molar-refractivity contribution is 0.354. The van der Waals surface area contributed by atoms with Gasteiger partial charge in [0.1, 0.15) is 0 Å². The Morgan fingerprint density at radius 3 is 2.53 bits per heavy atom. The minimum atomic E-state index is -3.30. The van der Waals surface area contributed by atoms with Crippen LogP contribution in [0.3, 0.4) is 0 Å². The fourth-order valence-electron chi connectivity index (χ4n) is 1.99. The van der Waals surface area contributed by atoms with Crippen LogP contribution in [0.5, 0.6) is 0 Å². The summed E-state index contributed by atoms with van der Waals surface area (Å²) in [5.74, 6) is 0. The molecular weight excluding hydrogens is 302 g/mol. The van der Waals surface area contributed by atoms with E-state index in [4.69, 9.17) is 0 Å². The van der Waals surface area contributed by atoms with Gasteiger partial charge < -0.3 is 0 Å². The monoisotopic (exact) mass is 317 g/mol. The second-order valence-corrected chi connectivity index (χ2v) is 7.63. The zero-order valence-electron chi connectivity index (χ0n) is 9.77. The quantitative estimate of drug-likeness (QED) is 0.786. The fraction of sp³-hybridized carbons (Fsp3) is 0.500. The molecule has 5 heteroatoms. The van der Waals surface area contributed by atoms with Gasteiger partial charge in [-0.1, -0.05) is 28.1 Å². The summed E-state index contributed by atoms with van der Waals surface area (Å²) in [5, 5.41) is 0. The Kier molecular flexibility index (Phi) is 3.90. The molecule has 0 bridgehead atoms. The third kappa shape index (κ3) is 2.89. The van der Waals surface area contributed by atoms with Crippen molar-refractivity contribution in [1.29, 1.82) is 0 Å². The summed E-state index contributed by atoms with van der Waals surface area (Å²) in [5.41, 5.74) is 0.974. The predicted octanol–water partition coefficient (Wildman–Crippen LogP) is 2.54. The molecule has 0 unspecified atom stereocenters. The van der Waals surface area contributed by atoms with Crippen LogP contribution >= 0.6 is 15.9 Å². The van der Waals surface area contributed by atoms with E-state index in [1.165, 1.54) is 0 Å². The molecule has 0 atom stereocenters. The minimum absolute atomic E-state index is 0.408. The number of nitrogens with zero attached hydrogens (tertiary/aromatic N) is 1. The smallest absolute Gasteiger partial charge is 0.207 e. The van der Waals surface area contributed by atoms with Crippen molar-refractivity contribution in [2.45, 2.75) is 29.5 Å². The summed E-state index contributed by atoms with van der Waals surface area (Å²) in [6.07, 6.45) is 1.76. The van der Waals surface area contributed by atoms with E-state index in [0.717, 1.165) is 18.4 Å². The van der Waals surface area contributed by atoms with Gasteiger partial charge in [-0.05, 0) is 37.5 Å². The molecule has 0 radical (unpaired) electrons. The molecule has 17 heavy (non-hydrogen) atoms. The first-order valence-electron chi connectivity index (χ1n) is 5.71. The van der Waals surface area contributed by atoms with E-state index in [9.17, 15) is 8.42 Å². The maximum absolute atomic E-state index is 12.4. The van der Waals surface area contributed by atoms with Crippen LogP contribution in [0.2, 0.25) is 0 Å². The maximum atomic E-state index is 12.4. The van der Waals surface area contributed by atoms with Gasteiger partial charge in [-0.2, -0.15) is 4.31 Å². The molecule has 1 fully saturated rings. The molecule has 1 aromatic carbocycles. The highest BCUT2D eigenvalue weighted by Gasteiger charge is 2.28. The molecule has 1 aliphatic heterocycles. The summed E-state index contributed by atoms with van der Waals surface area (Å²) in [6.45, 7) is 3.11. The Balaban J connectivity index is 2.25. The summed E-state index contributed by atoms with van der Waals surface area (Å²) < 4.78 is 26.3. The van der Waals surface area contributed by atoms with Crippen molar-refractivity contribution in [3.05, 3.63) is 29.8 Å². The zero-order chi connectivity index (χ0) is 12.5. The van der Waals surface area contributed by atoms with Crippen LogP contribution in [0.1, 0.15) is 18.4 Å². The number of piperidine rings is 1. The van der Waals surface area contributed by atoms with Gasteiger partial charge in [-0.3, -0.25) is 0 Å². The van der Waals surface area contributed by atoms with Crippen molar-refractivity contribution in [2.75, 3.05) is 13.1 Å². The van der Waals surface area contributed by atoms with Crippen molar-refractivity contribution in [1.82, 2.24) is 4.31 Å². The van der Waals surface area contributed by atoms with E-state index < -0.39 is 10.0 Å².